The first kappa shape index (κ1) is 18.9. The molecule has 0 saturated carbocycles. The van der Waals surface area contributed by atoms with Crippen molar-refractivity contribution >= 4 is 36.3 Å². The van der Waals surface area contributed by atoms with Gasteiger partial charge in [-0.05, 0) is 48.5 Å². The molecule has 0 atom stereocenters. The Labute approximate surface area is 170 Å². The van der Waals surface area contributed by atoms with Crippen LogP contribution in [0.2, 0.25) is 0 Å². The number of carbonyl (C=O) groups excluding carboxylic acids is 4. The lowest BCUT2D eigenvalue weighted by Gasteiger charge is -2.13. The SMILES string of the molecule is O=Cc1ccc(C(=C(c2ccc(C=O)[nH]2)c2ccc(C=O)[nH]2)c2ccc(C=O)[nH]2)[nH]1. The van der Waals surface area contributed by atoms with Gasteiger partial charge in [-0.1, -0.05) is 0 Å². The molecule has 8 heteroatoms. The number of H-pyrrole nitrogens is 4. The van der Waals surface area contributed by atoms with Crippen molar-refractivity contribution in [3.05, 3.63) is 94.1 Å². The maximum atomic E-state index is 11.2. The lowest BCUT2D eigenvalue weighted by atomic mass is 9.97. The number of hydrogen-bond donors (Lipinski definition) is 4. The fourth-order valence-electron chi connectivity index (χ4n) is 3.33. The van der Waals surface area contributed by atoms with Crippen LogP contribution in [-0.2, 0) is 0 Å². The summed E-state index contributed by atoms with van der Waals surface area (Å²) in [7, 11) is 0. The number of aldehydes is 4. The summed E-state index contributed by atoms with van der Waals surface area (Å²) in [5.41, 5.74) is 5.21. The van der Waals surface area contributed by atoms with Gasteiger partial charge in [0.25, 0.3) is 0 Å². The molecule has 0 amide bonds. The highest BCUT2D eigenvalue weighted by Gasteiger charge is 2.21. The van der Waals surface area contributed by atoms with E-state index in [-0.39, 0.29) is 0 Å². The quantitative estimate of drug-likeness (QED) is 0.338. The lowest BCUT2D eigenvalue weighted by Crippen LogP contribution is -2.00. The molecule has 0 spiro atoms. The number of aromatic nitrogens is 4. The van der Waals surface area contributed by atoms with Crippen LogP contribution >= 0.6 is 0 Å². The second-order valence-corrected chi connectivity index (χ2v) is 6.53. The smallest absolute Gasteiger partial charge is 0.166 e. The first-order valence-corrected chi connectivity index (χ1v) is 8.99. The zero-order valence-electron chi connectivity index (χ0n) is 15.6. The molecule has 0 aliphatic rings. The second kappa shape index (κ2) is 7.88. The lowest BCUT2D eigenvalue weighted by molar-refractivity contribution is 0.111. The molecule has 4 heterocycles. The van der Waals surface area contributed by atoms with Gasteiger partial charge in [0, 0.05) is 33.9 Å². The Kier molecular flexibility index (Phi) is 4.96. The molecule has 0 bridgehead atoms. The molecule has 148 valence electrons. The van der Waals surface area contributed by atoms with Crippen molar-refractivity contribution in [2.75, 3.05) is 0 Å². The fraction of sp³-hybridized carbons (Fsp3) is 0. The molecule has 4 aromatic heterocycles. The van der Waals surface area contributed by atoms with Crippen LogP contribution in [-0.4, -0.2) is 45.1 Å². The number of hydrogen-bond acceptors (Lipinski definition) is 4. The van der Waals surface area contributed by atoms with Crippen LogP contribution < -0.4 is 0 Å². The topological polar surface area (TPSA) is 131 Å². The third-order valence-electron chi connectivity index (χ3n) is 4.67. The molecule has 0 fully saturated rings. The van der Waals surface area contributed by atoms with Gasteiger partial charge in [0.1, 0.15) is 0 Å². The summed E-state index contributed by atoms with van der Waals surface area (Å²) in [6, 6.07) is 13.5. The van der Waals surface area contributed by atoms with E-state index in [0.29, 0.717) is 81.8 Å². The highest BCUT2D eigenvalue weighted by Crippen LogP contribution is 2.35. The number of nitrogens with one attached hydrogen (secondary N) is 4. The van der Waals surface area contributed by atoms with Crippen molar-refractivity contribution in [3.63, 3.8) is 0 Å². The molecule has 4 rings (SSSR count). The van der Waals surface area contributed by atoms with Crippen LogP contribution in [0.25, 0.3) is 11.1 Å². The maximum absolute atomic E-state index is 11.2. The van der Waals surface area contributed by atoms with E-state index in [4.69, 9.17) is 0 Å². The molecular formula is C22H16N4O4. The van der Waals surface area contributed by atoms with Crippen LogP contribution in [0.15, 0.2) is 48.5 Å². The molecule has 8 nitrogen and oxygen atoms in total. The van der Waals surface area contributed by atoms with Gasteiger partial charge in [-0.3, -0.25) is 19.2 Å². The van der Waals surface area contributed by atoms with Gasteiger partial charge in [0.05, 0.1) is 22.8 Å². The largest absolute Gasteiger partial charge is 0.352 e. The van der Waals surface area contributed by atoms with Gasteiger partial charge in [-0.15, -0.1) is 0 Å². The predicted octanol–water partition coefficient (Wildman–Crippen LogP) is 3.26. The Bertz CT molecular complexity index is 1090. The van der Waals surface area contributed by atoms with Crippen LogP contribution in [0.4, 0.5) is 0 Å². The Balaban J connectivity index is 2.07. The van der Waals surface area contributed by atoms with Crippen LogP contribution in [0.5, 0.6) is 0 Å². The van der Waals surface area contributed by atoms with Crippen molar-refractivity contribution in [1.29, 1.82) is 0 Å². The summed E-state index contributed by atoms with van der Waals surface area (Å²) in [6.45, 7) is 0. The van der Waals surface area contributed by atoms with Crippen molar-refractivity contribution < 1.29 is 19.2 Å². The standard InChI is InChI=1S/C22H16N4O4/c27-9-13-1-5-17(23-13)21(18-6-2-14(10-28)24-18)22(19-7-3-15(11-29)25-19)20-8-4-16(12-30)26-20/h1-12,23-26H. The zero-order chi connectivity index (χ0) is 21.1. The first-order chi connectivity index (χ1) is 14.7. The van der Waals surface area contributed by atoms with Gasteiger partial charge in [0.2, 0.25) is 0 Å². The van der Waals surface area contributed by atoms with Gasteiger partial charge in [-0.2, -0.15) is 0 Å². The van der Waals surface area contributed by atoms with E-state index in [9.17, 15) is 19.2 Å². The zero-order valence-corrected chi connectivity index (χ0v) is 15.6. The molecule has 4 aromatic rings. The summed E-state index contributed by atoms with van der Waals surface area (Å²) in [6.07, 6.45) is 2.80. The minimum atomic E-state index is 0.379. The molecule has 4 N–H and O–H groups in total. The molecule has 0 aliphatic heterocycles. The molecule has 0 aliphatic carbocycles. The van der Waals surface area contributed by atoms with E-state index in [2.05, 4.69) is 19.9 Å². The average Bonchev–Trinajstić information content (AvgIpc) is 3.57. The van der Waals surface area contributed by atoms with Crippen LogP contribution in [0.1, 0.15) is 64.7 Å². The van der Waals surface area contributed by atoms with Gasteiger partial charge >= 0.3 is 0 Å². The first-order valence-electron chi connectivity index (χ1n) is 8.99. The summed E-state index contributed by atoms with van der Waals surface area (Å²) < 4.78 is 0. The Hall–Kier alpha value is -4.46. The molecule has 0 radical (unpaired) electrons. The molecular weight excluding hydrogens is 384 g/mol. The van der Waals surface area contributed by atoms with E-state index < -0.39 is 0 Å². The maximum Gasteiger partial charge on any atom is 0.166 e. The third kappa shape index (κ3) is 3.37. The summed E-state index contributed by atoms with van der Waals surface area (Å²) in [4.78, 5) is 57.1. The second-order valence-electron chi connectivity index (χ2n) is 6.53. The van der Waals surface area contributed by atoms with Crippen molar-refractivity contribution in [3.8, 4) is 0 Å². The summed E-state index contributed by atoms with van der Waals surface area (Å²) in [5.74, 6) is 0. The van der Waals surface area contributed by atoms with Crippen LogP contribution in [0.3, 0.4) is 0 Å². The minimum Gasteiger partial charge on any atom is -0.352 e. The number of carbonyl (C=O) groups is 4. The summed E-state index contributed by atoms with van der Waals surface area (Å²) >= 11 is 0. The monoisotopic (exact) mass is 400 g/mol. The molecule has 30 heavy (non-hydrogen) atoms. The molecule has 0 aromatic carbocycles. The van der Waals surface area contributed by atoms with Crippen LogP contribution in [0, 0.1) is 0 Å². The minimum absolute atomic E-state index is 0.379. The summed E-state index contributed by atoms with van der Waals surface area (Å²) in [5, 5.41) is 0. The fourth-order valence-corrected chi connectivity index (χ4v) is 3.33. The predicted molar refractivity (Wildman–Crippen MR) is 110 cm³/mol. The van der Waals surface area contributed by atoms with E-state index in [0.717, 1.165) is 0 Å². The van der Waals surface area contributed by atoms with Crippen molar-refractivity contribution in [1.82, 2.24) is 19.9 Å². The Morgan fingerprint density at radius 2 is 0.667 bits per heavy atom. The van der Waals surface area contributed by atoms with E-state index >= 15 is 0 Å². The highest BCUT2D eigenvalue weighted by atomic mass is 16.1. The van der Waals surface area contributed by atoms with Gasteiger partial charge < -0.3 is 19.9 Å². The van der Waals surface area contributed by atoms with E-state index in [1.807, 2.05) is 0 Å². The van der Waals surface area contributed by atoms with Gasteiger partial charge in [0.15, 0.2) is 25.1 Å². The molecule has 0 unspecified atom stereocenters. The third-order valence-corrected chi connectivity index (χ3v) is 4.67. The number of rotatable bonds is 8. The van der Waals surface area contributed by atoms with E-state index in [1.54, 1.807) is 48.5 Å². The van der Waals surface area contributed by atoms with Crippen molar-refractivity contribution in [2.24, 2.45) is 0 Å². The average molecular weight is 400 g/mol. The van der Waals surface area contributed by atoms with Crippen molar-refractivity contribution in [2.45, 2.75) is 0 Å². The molecule has 0 saturated heterocycles. The number of aromatic amines is 4. The Morgan fingerprint density at radius 3 is 0.833 bits per heavy atom. The Morgan fingerprint density at radius 1 is 0.433 bits per heavy atom. The van der Waals surface area contributed by atoms with Gasteiger partial charge in [-0.25, -0.2) is 0 Å². The highest BCUT2D eigenvalue weighted by molar-refractivity contribution is 6.03. The normalized spacial score (nSPS) is 10.5. The van der Waals surface area contributed by atoms with E-state index in [1.165, 1.54) is 0 Å².